The van der Waals surface area contributed by atoms with Crippen LogP contribution in [0.4, 0.5) is 0 Å². The Morgan fingerprint density at radius 1 is 1.16 bits per heavy atom. The first-order valence-electron chi connectivity index (χ1n) is 7.55. The molecule has 0 saturated heterocycles. The van der Waals surface area contributed by atoms with Crippen LogP contribution in [0.2, 0.25) is 5.02 Å². The Hall–Kier alpha value is -2.83. The van der Waals surface area contributed by atoms with Gasteiger partial charge in [0.15, 0.2) is 5.76 Å². The number of aromatic amines is 1. The number of hydrogen-bond donors (Lipinski definition) is 3. The van der Waals surface area contributed by atoms with E-state index in [1.54, 1.807) is 30.3 Å². The van der Waals surface area contributed by atoms with Gasteiger partial charge in [-0.15, -0.1) is 0 Å². The molecule has 6 nitrogen and oxygen atoms in total. The van der Waals surface area contributed by atoms with E-state index in [0.717, 1.165) is 0 Å². The van der Waals surface area contributed by atoms with E-state index in [1.807, 2.05) is 6.07 Å². The van der Waals surface area contributed by atoms with E-state index in [2.05, 4.69) is 10.3 Å². The molecule has 0 bridgehead atoms. The van der Waals surface area contributed by atoms with Gasteiger partial charge in [-0.25, -0.2) is 0 Å². The number of aliphatic hydroxyl groups is 1. The van der Waals surface area contributed by atoms with Crippen molar-refractivity contribution in [2.24, 2.45) is 0 Å². The Kier molecular flexibility index (Phi) is 5.02. The Balaban J connectivity index is 1.66. The Morgan fingerprint density at radius 2 is 1.96 bits per heavy atom. The van der Waals surface area contributed by atoms with Crippen molar-refractivity contribution >= 4 is 17.5 Å². The van der Waals surface area contributed by atoms with E-state index >= 15 is 0 Å². The minimum absolute atomic E-state index is 0.0685. The number of halogens is 1. The van der Waals surface area contributed by atoms with Crippen LogP contribution in [0.15, 0.2) is 63.8 Å². The highest BCUT2D eigenvalue weighted by atomic mass is 35.5. The fourth-order valence-corrected chi connectivity index (χ4v) is 2.54. The fraction of sp³-hybridized carbons (Fsp3) is 0.111. The molecule has 1 aromatic carbocycles. The minimum atomic E-state index is -1.03. The van der Waals surface area contributed by atoms with E-state index in [9.17, 15) is 14.7 Å². The molecule has 3 rings (SSSR count). The molecule has 0 saturated carbocycles. The van der Waals surface area contributed by atoms with Gasteiger partial charge in [-0.05, 0) is 30.3 Å². The van der Waals surface area contributed by atoms with Gasteiger partial charge in [0.1, 0.15) is 11.9 Å². The molecule has 0 fully saturated rings. The predicted molar refractivity (Wildman–Crippen MR) is 93.5 cm³/mol. The normalized spacial score (nSPS) is 11.9. The summed E-state index contributed by atoms with van der Waals surface area (Å²) < 4.78 is 5.53. The molecule has 2 aromatic heterocycles. The average molecular weight is 359 g/mol. The lowest BCUT2D eigenvalue weighted by molar-refractivity contribution is 0.0887. The Labute approximate surface area is 148 Å². The predicted octanol–water partition coefficient (Wildman–Crippen LogP) is 2.75. The first-order valence-corrected chi connectivity index (χ1v) is 7.92. The molecule has 0 spiro atoms. The van der Waals surface area contributed by atoms with Crippen LogP contribution < -0.4 is 10.9 Å². The molecular formula is C18H15ClN2O4. The molecule has 0 aliphatic rings. The molecule has 128 valence electrons. The summed E-state index contributed by atoms with van der Waals surface area (Å²) in [6.07, 6.45) is -1.03. The SMILES string of the molecule is O=C(NCC(O)c1cccc(=O)[nH]1)c1ccc(-c2ccccc2Cl)o1. The molecule has 25 heavy (non-hydrogen) atoms. The number of nitrogens with one attached hydrogen (secondary N) is 2. The van der Waals surface area contributed by atoms with Gasteiger partial charge < -0.3 is 19.8 Å². The van der Waals surface area contributed by atoms with Crippen molar-refractivity contribution in [3.8, 4) is 11.3 Å². The third kappa shape index (κ3) is 3.99. The second kappa shape index (κ2) is 7.38. The topological polar surface area (TPSA) is 95.3 Å². The number of carbonyl (C=O) groups excluding carboxylic acids is 1. The van der Waals surface area contributed by atoms with Crippen LogP contribution in [0.5, 0.6) is 0 Å². The zero-order valence-corrected chi connectivity index (χ0v) is 13.8. The summed E-state index contributed by atoms with van der Waals surface area (Å²) in [6, 6.07) is 14.8. The third-order valence-corrected chi connectivity index (χ3v) is 3.90. The number of aliphatic hydroxyl groups excluding tert-OH is 1. The molecule has 1 unspecified atom stereocenters. The van der Waals surface area contributed by atoms with Gasteiger partial charge in [0.2, 0.25) is 5.56 Å². The van der Waals surface area contributed by atoms with Crippen molar-refractivity contribution < 1.29 is 14.3 Å². The van der Waals surface area contributed by atoms with Gasteiger partial charge in [-0.2, -0.15) is 0 Å². The van der Waals surface area contributed by atoms with Crippen molar-refractivity contribution in [3.63, 3.8) is 0 Å². The molecule has 2 heterocycles. The Morgan fingerprint density at radius 3 is 2.72 bits per heavy atom. The second-order valence-corrected chi connectivity index (χ2v) is 5.75. The fourth-order valence-electron chi connectivity index (χ4n) is 2.31. The van der Waals surface area contributed by atoms with Gasteiger partial charge in [0.25, 0.3) is 5.91 Å². The van der Waals surface area contributed by atoms with Crippen LogP contribution in [0.3, 0.4) is 0 Å². The zero-order valence-electron chi connectivity index (χ0n) is 13.0. The number of carbonyl (C=O) groups is 1. The number of pyridine rings is 1. The maximum absolute atomic E-state index is 12.2. The molecule has 7 heteroatoms. The molecular weight excluding hydrogens is 344 g/mol. The van der Waals surface area contributed by atoms with Crippen LogP contribution in [-0.2, 0) is 0 Å². The minimum Gasteiger partial charge on any atom is -0.451 e. The molecule has 3 N–H and O–H groups in total. The largest absolute Gasteiger partial charge is 0.451 e. The summed E-state index contributed by atoms with van der Waals surface area (Å²) >= 11 is 6.11. The standard InChI is InChI=1S/C18H15ClN2O4/c19-12-5-2-1-4-11(12)15-8-9-16(25-15)18(24)20-10-14(22)13-6-3-7-17(23)21-13/h1-9,14,22H,10H2,(H,20,24)(H,21,23). The first-order chi connectivity index (χ1) is 12.0. The summed E-state index contributed by atoms with van der Waals surface area (Å²) in [5.74, 6) is 0.1000. The highest BCUT2D eigenvalue weighted by molar-refractivity contribution is 6.33. The summed E-state index contributed by atoms with van der Waals surface area (Å²) in [5, 5.41) is 13.1. The molecule has 1 atom stereocenters. The van der Waals surface area contributed by atoms with Crippen molar-refractivity contribution in [1.29, 1.82) is 0 Å². The van der Waals surface area contributed by atoms with Crippen molar-refractivity contribution in [3.05, 3.63) is 81.4 Å². The Bertz CT molecular complexity index is 948. The smallest absolute Gasteiger partial charge is 0.287 e. The van der Waals surface area contributed by atoms with Gasteiger partial charge in [-0.1, -0.05) is 29.8 Å². The lowest BCUT2D eigenvalue weighted by Crippen LogP contribution is -2.29. The molecule has 1 amide bonds. The second-order valence-electron chi connectivity index (χ2n) is 5.34. The van der Waals surface area contributed by atoms with Crippen LogP contribution in [0.1, 0.15) is 22.4 Å². The van der Waals surface area contributed by atoms with Gasteiger partial charge in [0.05, 0.1) is 5.02 Å². The zero-order chi connectivity index (χ0) is 17.8. The first kappa shape index (κ1) is 17.0. The van der Waals surface area contributed by atoms with Crippen molar-refractivity contribution in [2.45, 2.75) is 6.10 Å². The van der Waals surface area contributed by atoms with Crippen LogP contribution in [0.25, 0.3) is 11.3 Å². The van der Waals surface area contributed by atoms with Crippen LogP contribution in [-0.4, -0.2) is 22.5 Å². The van der Waals surface area contributed by atoms with Crippen molar-refractivity contribution in [2.75, 3.05) is 6.54 Å². The van der Waals surface area contributed by atoms with Crippen LogP contribution in [0, 0.1) is 0 Å². The molecule has 0 aliphatic heterocycles. The number of rotatable bonds is 5. The van der Waals surface area contributed by atoms with Gasteiger partial charge in [-0.3, -0.25) is 9.59 Å². The van der Waals surface area contributed by atoms with E-state index in [4.69, 9.17) is 16.0 Å². The lowest BCUT2D eigenvalue weighted by Gasteiger charge is -2.11. The number of furan rings is 1. The number of hydrogen-bond acceptors (Lipinski definition) is 4. The summed E-state index contributed by atoms with van der Waals surface area (Å²) in [7, 11) is 0. The molecule has 0 radical (unpaired) electrons. The van der Waals surface area contributed by atoms with E-state index in [-0.39, 0.29) is 17.9 Å². The van der Waals surface area contributed by atoms with E-state index < -0.39 is 12.0 Å². The van der Waals surface area contributed by atoms with Gasteiger partial charge >= 0.3 is 0 Å². The lowest BCUT2D eigenvalue weighted by atomic mass is 10.2. The quantitative estimate of drug-likeness (QED) is 0.653. The van der Waals surface area contributed by atoms with E-state index in [1.165, 1.54) is 18.2 Å². The van der Waals surface area contributed by atoms with Gasteiger partial charge in [0, 0.05) is 23.9 Å². The number of H-pyrrole nitrogens is 1. The maximum Gasteiger partial charge on any atom is 0.287 e. The van der Waals surface area contributed by atoms with Crippen LogP contribution >= 0.6 is 11.6 Å². The maximum atomic E-state index is 12.2. The molecule has 0 aliphatic carbocycles. The van der Waals surface area contributed by atoms with E-state index in [0.29, 0.717) is 22.0 Å². The monoisotopic (exact) mass is 358 g/mol. The average Bonchev–Trinajstić information content (AvgIpc) is 3.09. The summed E-state index contributed by atoms with van der Waals surface area (Å²) in [4.78, 5) is 25.9. The number of aromatic nitrogens is 1. The summed E-state index contributed by atoms with van der Waals surface area (Å²) in [6.45, 7) is -0.0685. The third-order valence-electron chi connectivity index (χ3n) is 3.57. The highest BCUT2D eigenvalue weighted by Gasteiger charge is 2.16. The summed E-state index contributed by atoms with van der Waals surface area (Å²) in [5.41, 5.74) is 0.687. The molecule has 3 aromatic rings. The van der Waals surface area contributed by atoms with Crippen molar-refractivity contribution in [1.82, 2.24) is 10.3 Å². The highest BCUT2D eigenvalue weighted by Crippen LogP contribution is 2.29. The number of benzene rings is 1. The number of amides is 1.